The van der Waals surface area contributed by atoms with Gasteiger partial charge in [0, 0.05) is 24.2 Å². The van der Waals surface area contributed by atoms with Crippen LogP contribution in [-0.2, 0) is 4.79 Å². The SMILES string of the molecule is COc1ccc(N2C[C@@H](c3nnc(NC(=O)c4cccc(C)c4)o3)CC2=O)cc1. The van der Waals surface area contributed by atoms with Crippen molar-refractivity contribution in [1.29, 1.82) is 0 Å². The third-order valence-corrected chi connectivity index (χ3v) is 4.80. The molecule has 8 heteroatoms. The molecule has 1 N–H and O–H groups in total. The molecule has 29 heavy (non-hydrogen) atoms. The van der Waals surface area contributed by atoms with E-state index in [0.29, 0.717) is 18.0 Å². The highest BCUT2D eigenvalue weighted by Crippen LogP contribution is 2.32. The van der Waals surface area contributed by atoms with Gasteiger partial charge in [0.25, 0.3) is 5.91 Å². The number of anilines is 2. The van der Waals surface area contributed by atoms with Crippen LogP contribution in [-0.4, -0.2) is 35.7 Å². The average molecular weight is 392 g/mol. The molecule has 4 rings (SSSR count). The standard InChI is InChI=1S/C21H20N4O4/c1-13-4-3-5-14(10-13)19(27)22-21-24-23-20(29-21)15-11-18(26)25(12-15)16-6-8-17(28-2)9-7-16/h3-10,15H,11-12H2,1-2H3,(H,22,24,27)/t15-/m0/s1. The van der Waals surface area contributed by atoms with Gasteiger partial charge in [-0.15, -0.1) is 5.10 Å². The van der Waals surface area contributed by atoms with E-state index in [2.05, 4.69) is 15.5 Å². The zero-order valence-corrected chi connectivity index (χ0v) is 16.1. The summed E-state index contributed by atoms with van der Waals surface area (Å²) in [4.78, 5) is 26.5. The van der Waals surface area contributed by atoms with Gasteiger partial charge in [0.2, 0.25) is 11.8 Å². The van der Waals surface area contributed by atoms with Crippen molar-refractivity contribution >= 4 is 23.5 Å². The lowest BCUT2D eigenvalue weighted by molar-refractivity contribution is -0.117. The van der Waals surface area contributed by atoms with Gasteiger partial charge in [-0.3, -0.25) is 14.9 Å². The van der Waals surface area contributed by atoms with Gasteiger partial charge in [-0.25, -0.2) is 0 Å². The van der Waals surface area contributed by atoms with Crippen LogP contribution in [0.5, 0.6) is 5.75 Å². The number of nitrogens with zero attached hydrogens (tertiary/aromatic N) is 3. The number of nitrogens with one attached hydrogen (secondary N) is 1. The maximum absolute atomic E-state index is 12.4. The number of amides is 2. The Kier molecular flexibility index (Phi) is 4.99. The number of hydrogen-bond donors (Lipinski definition) is 1. The summed E-state index contributed by atoms with van der Waals surface area (Å²) in [6.07, 6.45) is 0.263. The van der Waals surface area contributed by atoms with Crippen molar-refractivity contribution in [3.63, 3.8) is 0 Å². The number of benzene rings is 2. The Labute approximate surface area is 167 Å². The lowest BCUT2D eigenvalue weighted by Gasteiger charge is -2.16. The molecule has 0 bridgehead atoms. The van der Waals surface area contributed by atoms with Gasteiger partial charge in [-0.2, -0.15) is 0 Å². The summed E-state index contributed by atoms with van der Waals surface area (Å²) in [5, 5.41) is 10.5. The van der Waals surface area contributed by atoms with Crippen molar-refractivity contribution < 1.29 is 18.7 Å². The van der Waals surface area contributed by atoms with Crippen molar-refractivity contribution in [3.8, 4) is 5.75 Å². The second-order valence-corrected chi connectivity index (χ2v) is 6.87. The molecule has 0 saturated carbocycles. The monoisotopic (exact) mass is 392 g/mol. The maximum atomic E-state index is 12.4. The first-order valence-corrected chi connectivity index (χ1v) is 9.19. The molecule has 0 spiro atoms. The highest BCUT2D eigenvalue weighted by atomic mass is 16.5. The van der Waals surface area contributed by atoms with Crippen LogP contribution in [0.2, 0.25) is 0 Å². The quantitative estimate of drug-likeness (QED) is 0.716. The zero-order valence-electron chi connectivity index (χ0n) is 16.1. The molecule has 0 radical (unpaired) electrons. The van der Waals surface area contributed by atoms with Crippen LogP contribution in [0, 0.1) is 6.92 Å². The highest BCUT2D eigenvalue weighted by Gasteiger charge is 2.35. The van der Waals surface area contributed by atoms with Gasteiger partial charge >= 0.3 is 6.01 Å². The Hall–Kier alpha value is -3.68. The van der Waals surface area contributed by atoms with Gasteiger partial charge in [0.15, 0.2) is 0 Å². The molecule has 0 aliphatic carbocycles. The fraction of sp³-hybridized carbons (Fsp3) is 0.238. The number of ether oxygens (including phenoxy) is 1. The van der Waals surface area contributed by atoms with Gasteiger partial charge in [0.1, 0.15) is 5.75 Å². The number of carbonyl (C=O) groups excluding carboxylic acids is 2. The number of rotatable bonds is 5. The Morgan fingerprint density at radius 2 is 2.00 bits per heavy atom. The molecule has 0 unspecified atom stereocenters. The van der Waals surface area contributed by atoms with E-state index in [1.165, 1.54) is 0 Å². The van der Waals surface area contributed by atoms with Crippen molar-refractivity contribution in [2.24, 2.45) is 0 Å². The summed E-state index contributed by atoms with van der Waals surface area (Å²) in [6.45, 7) is 2.34. The second kappa shape index (κ2) is 7.75. The first-order chi connectivity index (χ1) is 14.0. The van der Waals surface area contributed by atoms with Crippen LogP contribution in [0.4, 0.5) is 11.7 Å². The number of aromatic nitrogens is 2. The lowest BCUT2D eigenvalue weighted by Crippen LogP contribution is -2.24. The molecule has 1 saturated heterocycles. The van der Waals surface area contributed by atoms with Crippen LogP contribution in [0.25, 0.3) is 0 Å². The Morgan fingerprint density at radius 1 is 1.21 bits per heavy atom. The van der Waals surface area contributed by atoms with E-state index in [-0.39, 0.29) is 30.2 Å². The third kappa shape index (κ3) is 3.96. The van der Waals surface area contributed by atoms with Crippen LogP contribution >= 0.6 is 0 Å². The Bertz CT molecular complexity index is 1040. The first kappa shape index (κ1) is 18.7. The number of carbonyl (C=O) groups is 2. The highest BCUT2D eigenvalue weighted by molar-refractivity contribution is 6.03. The summed E-state index contributed by atoms with van der Waals surface area (Å²) in [5.41, 5.74) is 2.27. The molecule has 8 nitrogen and oxygen atoms in total. The predicted octanol–water partition coefficient (Wildman–Crippen LogP) is 3.16. The topological polar surface area (TPSA) is 97.6 Å². The minimum absolute atomic E-state index is 0.0156. The van der Waals surface area contributed by atoms with Crippen molar-refractivity contribution in [1.82, 2.24) is 10.2 Å². The van der Waals surface area contributed by atoms with Gasteiger partial charge in [-0.05, 0) is 43.3 Å². The molecule has 1 fully saturated rings. The fourth-order valence-electron chi connectivity index (χ4n) is 3.29. The summed E-state index contributed by atoms with van der Waals surface area (Å²) in [5.74, 6) is 0.466. The van der Waals surface area contributed by atoms with Crippen LogP contribution in [0.3, 0.4) is 0 Å². The van der Waals surface area contributed by atoms with Gasteiger partial charge in [-0.1, -0.05) is 22.8 Å². The van der Waals surface area contributed by atoms with E-state index in [0.717, 1.165) is 17.0 Å². The van der Waals surface area contributed by atoms with Crippen molar-refractivity contribution in [3.05, 3.63) is 65.5 Å². The maximum Gasteiger partial charge on any atom is 0.322 e. The summed E-state index contributed by atoms with van der Waals surface area (Å²) in [7, 11) is 1.59. The molecule has 3 aromatic rings. The van der Waals surface area contributed by atoms with Gasteiger partial charge in [0.05, 0.1) is 13.0 Å². The molecule has 1 aliphatic rings. The van der Waals surface area contributed by atoms with E-state index >= 15 is 0 Å². The first-order valence-electron chi connectivity index (χ1n) is 9.19. The van der Waals surface area contributed by atoms with E-state index in [4.69, 9.17) is 9.15 Å². The summed E-state index contributed by atoms with van der Waals surface area (Å²) >= 11 is 0. The van der Waals surface area contributed by atoms with E-state index in [1.807, 2.05) is 37.3 Å². The largest absolute Gasteiger partial charge is 0.497 e. The minimum Gasteiger partial charge on any atom is -0.497 e. The normalized spacial score (nSPS) is 16.1. The summed E-state index contributed by atoms with van der Waals surface area (Å²) in [6, 6.07) is 14.5. The smallest absolute Gasteiger partial charge is 0.322 e. The Morgan fingerprint density at radius 3 is 2.72 bits per heavy atom. The number of aryl methyl sites for hydroxylation is 1. The minimum atomic E-state index is -0.328. The van der Waals surface area contributed by atoms with E-state index in [9.17, 15) is 9.59 Å². The molecule has 2 amide bonds. The molecule has 2 heterocycles. The molecule has 1 aliphatic heterocycles. The number of hydrogen-bond acceptors (Lipinski definition) is 6. The Balaban J connectivity index is 1.44. The van der Waals surface area contributed by atoms with E-state index < -0.39 is 0 Å². The summed E-state index contributed by atoms with van der Waals surface area (Å²) < 4.78 is 10.8. The zero-order chi connectivity index (χ0) is 20.4. The molecule has 1 atom stereocenters. The van der Waals surface area contributed by atoms with Crippen LogP contribution in [0.1, 0.15) is 34.2 Å². The predicted molar refractivity (Wildman–Crippen MR) is 106 cm³/mol. The number of methoxy groups -OCH3 is 1. The average Bonchev–Trinajstić information content (AvgIpc) is 3.34. The molecule has 1 aromatic heterocycles. The van der Waals surface area contributed by atoms with Crippen molar-refractivity contribution in [2.45, 2.75) is 19.3 Å². The molecular weight excluding hydrogens is 372 g/mol. The van der Waals surface area contributed by atoms with Crippen LogP contribution in [0.15, 0.2) is 52.9 Å². The van der Waals surface area contributed by atoms with Crippen LogP contribution < -0.4 is 15.0 Å². The third-order valence-electron chi connectivity index (χ3n) is 4.80. The van der Waals surface area contributed by atoms with Crippen molar-refractivity contribution in [2.75, 3.05) is 23.9 Å². The van der Waals surface area contributed by atoms with Gasteiger partial charge < -0.3 is 14.1 Å². The second-order valence-electron chi connectivity index (χ2n) is 6.87. The molecule has 2 aromatic carbocycles. The fourth-order valence-corrected chi connectivity index (χ4v) is 3.29. The molecule has 148 valence electrons. The lowest BCUT2D eigenvalue weighted by atomic mass is 10.1. The van der Waals surface area contributed by atoms with E-state index in [1.54, 1.807) is 30.2 Å². The molecular formula is C21H20N4O4.